The average Bonchev–Trinajstić information content (AvgIpc) is 2.67. The Labute approximate surface area is 159 Å². The summed E-state index contributed by atoms with van der Waals surface area (Å²) >= 11 is 1.25. The number of aromatic nitrogens is 2. The van der Waals surface area contributed by atoms with Gasteiger partial charge in [-0.3, -0.25) is 14.9 Å². The molecule has 27 heavy (non-hydrogen) atoms. The number of para-hydroxylation sites is 1. The number of rotatable bonds is 7. The highest BCUT2D eigenvalue weighted by molar-refractivity contribution is 8.00. The van der Waals surface area contributed by atoms with Crippen LogP contribution in [-0.2, 0) is 4.79 Å². The van der Waals surface area contributed by atoms with Crippen molar-refractivity contribution in [1.29, 1.82) is 0 Å². The molecule has 0 unspecified atom stereocenters. The van der Waals surface area contributed by atoms with E-state index >= 15 is 0 Å². The second kappa shape index (κ2) is 8.45. The summed E-state index contributed by atoms with van der Waals surface area (Å²) in [5.41, 5.74) is 0.700. The Kier molecular flexibility index (Phi) is 5.82. The first-order chi connectivity index (χ1) is 13.1. The first-order valence-corrected chi connectivity index (χ1v) is 9.10. The number of amides is 1. The van der Waals surface area contributed by atoms with Crippen LogP contribution in [0, 0.1) is 10.1 Å². The third kappa shape index (κ3) is 4.50. The van der Waals surface area contributed by atoms with Crippen molar-refractivity contribution in [2.45, 2.75) is 11.9 Å². The first-order valence-electron chi connectivity index (χ1n) is 8.12. The number of nitrogens with one attached hydrogen (secondary N) is 1. The summed E-state index contributed by atoms with van der Waals surface area (Å²) in [5.74, 6) is 0.0738. The van der Waals surface area contributed by atoms with Gasteiger partial charge in [-0.15, -0.1) is 0 Å². The molecule has 0 aliphatic rings. The van der Waals surface area contributed by atoms with Gasteiger partial charge in [-0.1, -0.05) is 30.0 Å². The van der Waals surface area contributed by atoms with Crippen LogP contribution in [0.1, 0.15) is 6.92 Å². The third-order valence-electron chi connectivity index (χ3n) is 3.60. The summed E-state index contributed by atoms with van der Waals surface area (Å²) in [6.45, 7) is 2.18. The molecule has 0 saturated heterocycles. The van der Waals surface area contributed by atoms with Gasteiger partial charge in [-0.2, -0.15) is 0 Å². The maximum Gasteiger partial charge on any atom is 0.296 e. The van der Waals surface area contributed by atoms with Gasteiger partial charge in [0.05, 0.1) is 28.9 Å². The van der Waals surface area contributed by atoms with Crippen molar-refractivity contribution < 1.29 is 14.5 Å². The zero-order valence-electron chi connectivity index (χ0n) is 14.4. The summed E-state index contributed by atoms with van der Waals surface area (Å²) < 4.78 is 5.27. The number of fused-ring (bicyclic) bond motifs is 1. The summed E-state index contributed by atoms with van der Waals surface area (Å²) in [6, 6.07) is 11.8. The van der Waals surface area contributed by atoms with E-state index in [-0.39, 0.29) is 23.0 Å². The number of carbonyl (C=O) groups excluding carboxylic acids is 1. The predicted octanol–water partition coefficient (Wildman–Crippen LogP) is 3.67. The molecule has 2 aromatic carbocycles. The van der Waals surface area contributed by atoms with E-state index in [1.165, 1.54) is 30.2 Å². The molecule has 0 radical (unpaired) electrons. The Morgan fingerprint density at radius 2 is 2.07 bits per heavy atom. The van der Waals surface area contributed by atoms with Crippen LogP contribution in [0.2, 0.25) is 0 Å². The van der Waals surface area contributed by atoms with Crippen LogP contribution in [0.4, 0.5) is 11.4 Å². The van der Waals surface area contributed by atoms with Crippen LogP contribution in [0.3, 0.4) is 0 Å². The molecule has 3 rings (SSSR count). The minimum absolute atomic E-state index is 0.0609. The lowest BCUT2D eigenvalue weighted by molar-refractivity contribution is -0.384. The molecule has 1 aromatic heterocycles. The number of nitro benzene ring substituents is 1. The molecule has 8 nitrogen and oxygen atoms in total. The minimum atomic E-state index is -0.552. The topological polar surface area (TPSA) is 107 Å². The molecule has 1 amide bonds. The SMILES string of the molecule is CCOc1ccc(NC(=O)CSc2ncnc3ccccc23)c([N+](=O)[O-])c1. The van der Waals surface area contributed by atoms with E-state index in [0.29, 0.717) is 17.4 Å². The van der Waals surface area contributed by atoms with E-state index in [2.05, 4.69) is 15.3 Å². The minimum Gasteiger partial charge on any atom is -0.494 e. The number of benzene rings is 2. The van der Waals surface area contributed by atoms with Crippen LogP contribution in [0.5, 0.6) is 5.75 Å². The van der Waals surface area contributed by atoms with Crippen LogP contribution < -0.4 is 10.1 Å². The quantitative estimate of drug-likeness (QED) is 0.287. The zero-order chi connectivity index (χ0) is 19.2. The van der Waals surface area contributed by atoms with Gasteiger partial charge in [-0.25, -0.2) is 9.97 Å². The van der Waals surface area contributed by atoms with Gasteiger partial charge in [0, 0.05) is 5.39 Å². The number of ether oxygens (including phenoxy) is 1. The first kappa shape index (κ1) is 18.6. The Balaban J connectivity index is 1.71. The number of nitro groups is 1. The summed E-state index contributed by atoms with van der Waals surface area (Å²) in [6.07, 6.45) is 1.44. The Hall–Kier alpha value is -3.20. The molecule has 0 aliphatic heterocycles. The van der Waals surface area contributed by atoms with Crippen molar-refractivity contribution in [2.24, 2.45) is 0 Å². The lowest BCUT2D eigenvalue weighted by Gasteiger charge is -2.08. The number of hydrogen-bond donors (Lipinski definition) is 1. The number of carbonyl (C=O) groups is 1. The van der Waals surface area contributed by atoms with Crippen molar-refractivity contribution in [3.05, 3.63) is 58.9 Å². The average molecular weight is 384 g/mol. The van der Waals surface area contributed by atoms with Crippen molar-refractivity contribution in [3.63, 3.8) is 0 Å². The van der Waals surface area contributed by atoms with E-state index in [1.807, 2.05) is 24.3 Å². The van der Waals surface area contributed by atoms with Gasteiger partial charge in [0.15, 0.2) is 0 Å². The largest absolute Gasteiger partial charge is 0.494 e. The van der Waals surface area contributed by atoms with E-state index in [9.17, 15) is 14.9 Å². The molecule has 0 spiro atoms. The standard InChI is InChI=1S/C18H16N4O4S/c1-2-26-12-7-8-15(16(9-12)22(24)25)21-17(23)10-27-18-13-5-3-4-6-14(13)19-11-20-18/h3-9,11H,2,10H2,1H3,(H,21,23). The highest BCUT2D eigenvalue weighted by atomic mass is 32.2. The monoisotopic (exact) mass is 384 g/mol. The Morgan fingerprint density at radius 1 is 1.26 bits per heavy atom. The van der Waals surface area contributed by atoms with Crippen molar-refractivity contribution in [2.75, 3.05) is 17.7 Å². The lowest BCUT2D eigenvalue weighted by atomic mass is 10.2. The smallest absolute Gasteiger partial charge is 0.296 e. The molecule has 0 bridgehead atoms. The Morgan fingerprint density at radius 3 is 2.85 bits per heavy atom. The lowest BCUT2D eigenvalue weighted by Crippen LogP contribution is -2.15. The van der Waals surface area contributed by atoms with Gasteiger partial charge in [0.25, 0.3) is 5.69 Å². The number of thioether (sulfide) groups is 1. The van der Waals surface area contributed by atoms with Gasteiger partial charge < -0.3 is 10.1 Å². The van der Waals surface area contributed by atoms with E-state index in [4.69, 9.17) is 4.74 Å². The molecule has 0 saturated carbocycles. The maximum absolute atomic E-state index is 12.3. The van der Waals surface area contributed by atoms with E-state index in [1.54, 1.807) is 13.0 Å². The molecular formula is C18H16N4O4S. The van der Waals surface area contributed by atoms with Gasteiger partial charge in [0.2, 0.25) is 5.91 Å². The fourth-order valence-electron chi connectivity index (χ4n) is 2.44. The molecule has 138 valence electrons. The normalized spacial score (nSPS) is 10.6. The molecule has 3 aromatic rings. The predicted molar refractivity (Wildman–Crippen MR) is 103 cm³/mol. The van der Waals surface area contributed by atoms with Crippen LogP contribution in [-0.4, -0.2) is 33.2 Å². The summed E-state index contributed by atoms with van der Waals surface area (Å²) in [7, 11) is 0. The zero-order valence-corrected chi connectivity index (χ0v) is 15.2. The molecule has 1 N–H and O–H groups in total. The highest BCUT2D eigenvalue weighted by Gasteiger charge is 2.18. The summed E-state index contributed by atoms with van der Waals surface area (Å²) in [5, 5.41) is 15.4. The maximum atomic E-state index is 12.3. The summed E-state index contributed by atoms with van der Waals surface area (Å²) in [4.78, 5) is 31.4. The van der Waals surface area contributed by atoms with Crippen LogP contribution in [0.15, 0.2) is 53.8 Å². The second-order valence-electron chi connectivity index (χ2n) is 5.40. The number of nitrogens with zero attached hydrogens (tertiary/aromatic N) is 3. The molecule has 0 fully saturated rings. The number of hydrogen-bond acceptors (Lipinski definition) is 7. The van der Waals surface area contributed by atoms with Gasteiger partial charge >= 0.3 is 0 Å². The van der Waals surface area contributed by atoms with E-state index < -0.39 is 4.92 Å². The van der Waals surface area contributed by atoms with Crippen LogP contribution >= 0.6 is 11.8 Å². The van der Waals surface area contributed by atoms with Crippen molar-refractivity contribution >= 4 is 39.9 Å². The fraction of sp³-hybridized carbons (Fsp3) is 0.167. The Bertz CT molecular complexity index is 991. The molecule has 9 heteroatoms. The van der Waals surface area contributed by atoms with Gasteiger partial charge in [0.1, 0.15) is 22.8 Å². The third-order valence-corrected chi connectivity index (χ3v) is 4.60. The van der Waals surface area contributed by atoms with Crippen molar-refractivity contribution in [3.8, 4) is 5.75 Å². The van der Waals surface area contributed by atoms with Crippen LogP contribution in [0.25, 0.3) is 10.9 Å². The van der Waals surface area contributed by atoms with Crippen molar-refractivity contribution in [1.82, 2.24) is 9.97 Å². The molecular weight excluding hydrogens is 368 g/mol. The van der Waals surface area contributed by atoms with E-state index in [0.717, 1.165) is 10.9 Å². The molecule has 0 atom stereocenters. The fourth-order valence-corrected chi connectivity index (χ4v) is 3.23. The highest BCUT2D eigenvalue weighted by Crippen LogP contribution is 2.30. The molecule has 0 aliphatic carbocycles. The second-order valence-corrected chi connectivity index (χ2v) is 6.37. The number of anilines is 1. The molecule has 1 heterocycles. The van der Waals surface area contributed by atoms with Gasteiger partial charge in [-0.05, 0) is 25.1 Å².